The molecule has 1 amide bonds. The molecule has 22 heavy (non-hydrogen) atoms. The summed E-state index contributed by atoms with van der Waals surface area (Å²) in [5.74, 6) is -0.292. The number of ketones is 1. The summed E-state index contributed by atoms with van der Waals surface area (Å²) in [4.78, 5) is 24.2. The summed E-state index contributed by atoms with van der Waals surface area (Å²) in [5, 5.41) is 4.64. The molecular weight excluding hydrogens is 274 g/mol. The molecule has 3 aromatic rings. The van der Waals surface area contributed by atoms with E-state index in [2.05, 4.69) is 5.32 Å². The highest BCUT2D eigenvalue weighted by atomic mass is 16.1. The van der Waals surface area contributed by atoms with E-state index in [-0.39, 0.29) is 11.7 Å². The number of para-hydroxylation sites is 1. The van der Waals surface area contributed by atoms with E-state index in [1.807, 2.05) is 42.5 Å². The molecule has 0 radical (unpaired) electrons. The first kappa shape index (κ1) is 14.0. The van der Waals surface area contributed by atoms with Gasteiger partial charge in [-0.1, -0.05) is 54.6 Å². The standard InChI is InChI=1S/C19H15NO2/c1-13(21)20-18-12-5-4-10-17(18)19(22)16-11-6-8-14-7-2-3-9-15(14)16/h2-12H,1H3,(H,20,21). The lowest BCUT2D eigenvalue weighted by atomic mass is 9.96. The van der Waals surface area contributed by atoms with Crippen LogP contribution in [0, 0.1) is 0 Å². The minimum atomic E-state index is -0.196. The van der Waals surface area contributed by atoms with Crippen LogP contribution in [0.5, 0.6) is 0 Å². The summed E-state index contributed by atoms with van der Waals surface area (Å²) in [6.45, 7) is 1.43. The summed E-state index contributed by atoms with van der Waals surface area (Å²) >= 11 is 0. The third-order valence-corrected chi connectivity index (χ3v) is 3.52. The molecule has 0 fully saturated rings. The Balaban J connectivity index is 2.13. The number of amides is 1. The van der Waals surface area contributed by atoms with E-state index >= 15 is 0 Å². The smallest absolute Gasteiger partial charge is 0.221 e. The van der Waals surface area contributed by atoms with Crippen molar-refractivity contribution in [1.29, 1.82) is 0 Å². The Morgan fingerprint density at radius 2 is 1.41 bits per heavy atom. The van der Waals surface area contributed by atoms with Gasteiger partial charge in [-0.05, 0) is 22.9 Å². The van der Waals surface area contributed by atoms with Crippen LogP contribution in [0.3, 0.4) is 0 Å². The van der Waals surface area contributed by atoms with Crippen LogP contribution < -0.4 is 5.32 Å². The zero-order valence-electron chi connectivity index (χ0n) is 12.2. The van der Waals surface area contributed by atoms with Gasteiger partial charge in [0.1, 0.15) is 0 Å². The van der Waals surface area contributed by atoms with Gasteiger partial charge < -0.3 is 5.32 Å². The summed E-state index contributed by atoms with van der Waals surface area (Å²) in [6.07, 6.45) is 0. The summed E-state index contributed by atoms with van der Waals surface area (Å²) in [5.41, 5.74) is 1.66. The van der Waals surface area contributed by atoms with Crippen LogP contribution in [-0.4, -0.2) is 11.7 Å². The molecule has 3 rings (SSSR count). The highest BCUT2D eigenvalue weighted by Crippen LogP contribution is 2.24. The van der Waals surface area contributed by atoms with Crippen molar-refractivity contribution < 1.29 is 9.59 Å². The first-order valence-electron chi connectivity index (χ1n) is 7.06. The van der Waals surface area contributed by atoms with E-state index in [0.29, 0.717) is 16.8 Å². The third-order valence-electron chi connectivity index (χ3n) is 3.52. The molecule has 108 valence electrons. The van der Waals surface area contributed by atoms with Gasteiger partial charge in [-0.2, -0.15) is 0 Å². The normalized spacial score (nSPS) is 10.4. The number of benzene rings is 3. The molecular formula is C19H15NO2. The molecule has 0 bridgehead atoms. The fourth-order valence-electron chi connectivity index (χ4n) is 2.55. The van der Waals surface area contributed by atoms with Crippen molar-refractivity contribution in [3.63, 3.8) is 0 Å². The first-order chi connectivity index (χ1) is 10.7. The monoisotopic (exact) mass is 289 g/mol. The van der Waals surface area contributed by atoms with Crippen molar-refractivity contribution >= 4 is 28.2 Å². The lowest BCUT2D eigenvalue weighted by Gasteiger charge is -2.10. The molecule has 0 aliphatic carbocycles. The Bertz CT molecular complexity index is 863. The van der Waals surface area contributed by atoms with Gasteiger partial charge in [0.15, 0.2) is 5.78 Å². The van der Waals surface area contributed by atoms with E-state index < -0.39 is 0 Å². The van der Waals surface area contributed by atoms with Gasteiger partial charge in [-0.3, -0.25) is 9.59 Å². The SMILES string of the molecule is CC(=O)Nc1ccccc1C(=O)c1cccc2ccccc12. The molecule has 0 heterocycles. The van der Waals surface area contributed by atoms with Crippen LogP contribution in [-0.2, 0) is 4.79 Å². The van der Waals surface area contributed by atoms with Crippen LogP contribution in [0.4, 0.5) is 5.69 Å². The Morgan fingerprint density at radius 3 is 2.23 bits per heavy atom. The van der Waals surface area contributed by atoms with Crippen LogP contribution in [0.1, 0.15) is 22.8 Å². The summed E-state index contributed by atoms with van der Waals surface area (Å²) in [6, 6.07) is 20.5. The number of anilines is 1. The number of fused-ring (bicyclic) bond motifs is 1. The minimum Gasteiger partial charge on any atom is -0.326 e. The van der Waals surface area contributed by atoms with Crippen LogP contribution >= 0.6 is 0 Å². The van der Waals surface area contributed by atoms with Crippen molar-refractivity contribution in [3.05, 3.63) is 77.9 Å². The van der Waals surface area contributed by atoms with E-state index in [0.717, 1.165) is 10.8 Å². The molecule has 3 nitrogen and oxygen atoms in total. The molecule has 0 aliphatic rings. The van der Waals surface area contributed by atoms with Gasteiger partial charge in [0, 0.05) is 18.1 Å². The molecule has 0 saturated heterocycles. The zero-order chi connectivity index (χ0) is 15.5. The van der Waals surface area contributed by atoms with Crippen molar-refractivity contribution in [1.82, 2.24) is 0 Å². The lowest BCUT2D eigenvalue weighted by Crippen LogP contribution is -2.11. The Kier molecular flexibility index (Phi) is 3.71. The number of carbonyl (C=O) groups excluding carboxylic acids is 2. The van der Waals surface area contributed by atoms with Gasteiger partial charge >= 0.3 is 0 Å². The topological polar surface area (TPSA) is 46.2 Å². The molecule has 0 aliphatic heterocycles. The van der Waals surface area contributed by atoms with Crippen molar-refractivity contribution in [2.75, 3.05) is 5.32 Å². The molecule has 0 aromatic heterocycles. The highest BCUT2D eigenvalue weighted by molar-refractivity contribution is 6.19. The molecule has 1 N–H and O–H groups in total. The second kappa shape index (κ2) is 5.82. The Labute approximate surface area is 128 Å². The lowest BCUT2D eigenvalue weighted by molar-refractivity contribution is -0.114. The van der Waals surface area contributed by atoms with Crippen LogP contribution in [0.2, 0.25) is 0 Å². The van der Waals surface area contributed by atoms with Crippen molar-refractivity contribution in [2.45, 2.75) is 6.92 Å². The second-order valence-corrected chi connectivity index (χ2v) is 5.08. The van der Waals surface area contributed by atoms with Gasteiger partial charge in [0.05, 0.1) is 5.69 Å². The molecule has 0 unspecified atom stereocenters. The van der Waals surface area contributed by atoms with E-state index in [1.54, 1.807) is 24.3 Å². The predicted molar refractivity (Wildman–Crippen MR) is 88.1 cm³/mol. The van der Waals surface area contributed by atoms with Gasteiger partial charge in [0.25, 0.3) is 0 Å². The van der Waals surface area contributed by atoms with Gasteiger partial charge in [-0.25, -0.2) is 0 Å². The number of carbonyl (C=O) groups is 2. The minimum absolute atomic E-state index is 0.0962. The molecule has 0 saturated carbocycles. The quantitative estimate of drug-likeness (QED) is 0.740. The highest BCUT2D eigenvalue weighted by Gasteiger charge is 2.16. The molecule has 3 aromatic carbocycles. The van der Waals surface area contributed by atoms with Crippen molar-refractivity contribution in [2.24, 2.45) is 0 Å². The molecule has 0 spiro atoms. The summed E-state index contributed by atoms with van der Waals surface area (Å²) in [7, 11) is 0. The average Bonchev–Trinajstić information content (AvgIpc) is 2.54. The summed E-state index contributed by atoms with van der Waals surface area (Å²) < 4.78 is 0. The maximum absolute atomic E-state index is 12.9. The Morgan fingerprint density at radius 1 is 0.773 bits per heavy atom. The average molecular weight is 289 g/mol. The second-order valence-electron chi connectivity index (χ2n) is 5.08. The fraction of sp³-hybridized carbons (Fsp3) is 0.0526. The number of hydrogen-bond donors (Lipinski definition) is 1. The maximum atomic E-state index is 12.9. The van der Waals surface area contributed by atoms with Crippen molar-refractivity contribution in [3.8, 4) is 0 Å². The largest absolute Gasteiger partial charge is 0.326 e. The zero-order valence-corrected chi connectivity index (χ0v) is 12.2. The van der Waals surface area contributed by atoms with Gasteiger partial charge in [-0.15, -0.1) is 0 Å². The predicted octanol–water partition coefficient (Wildman–Crippen LogP) is 4.03. The van der Waals surface area contributed by atoms with Crippen LogP contribution in [0.15, 0.2) is 66.7 Å². The Hall–Kier alpha value is -2.94. The van der Waals surface area contributed by atoms with Crippen LogP contribution in [0.25, 0.3) is 10.8 Å². The fourth-order valence-corrected chi connectivity index (χ4v) is 2.55. The van der Waals surface area contributed by atoms with E-state index in [4.69, 9.17) is 0 Å². The van der Waals surface area contributed by atoms with Gasteiger partial charge in [0.2, 0.25) is 5.91 Å². The molecule has 0 atom stereocenters. The number of rotatable bonds is 3. The molecule has 3 heteroatoms. The third kappa shape index (κ3) is 2.61. The number of hydrogen-bond acceptors (Lipinski definition) is 2. The van der Waals surface area contributed by atoms with E-state index in [1.165, 1.54) is 6.92 Å². The first-order valence-corrected chi connectivity index (χ1v) is 7.06. The number of nitrogens with one attached hydrogen (secondary N) is 1. The maximum Gasteiger partial charge on any atom is 0.221 e. The van der Waals surface area contributed by atoms with E-state index in [9.17, 15) is 9.59 Å².